The van der Waals surface area contributed by atoms with E-state index >= 15 is 0 Å². The SMILES string of the molecule is CCCC(NC(=O)c1cc2cc(C(F)(F)P(=O)(O)O)ccc2s1)C(=O)N1CCCC1C(=O)N1CCOC(c2ccccc2)C1. The van der Waals surface area contributed by atoms with E-state index in [0.717, 1.165) is 29.0 Å². The van der Waals surface area contributed by atoms with Crippen molar-refractivity contribution in [3.05, 3.63) is 70.6 Å². The number of morpholine rings is 1. The number of amides is 3. The fourth-order valence-electron chi connectivity index (χ4n) is 5.70. The summed E-state index contributed by atoms with van der Waals surface area (Å²) in [5.41, 5.74) is -4.26. The maximum atomic E-state index is 14.2. The number of carbonyl (C=O) groups excluding carboxylic acids is 3. The van der Waals surface area contributed by atoms with Gasteiger partial charge in [0.05, 0.1) is 18.0 Å². The van der Waals surface area contributed by atoms with E-state index in [4.69, 9.17) is 14.5 Å². The quantitative estimate of drug-likeness (QED) is 0.288. The van der Waals surface area contributed by atoms with Crippen molar-refractivity contribution in [3.8, 4) is 0 Å². The minimum Gasteiger partial charge on any atom is -0.370 e. The van der Waals surface area contributed by atoms with Gasteiger partial charge in [-0.3, -0.25) is 18.9 Å². The molecule has 0 spiro atoms. The molecule has 3 atom stereocenters. The molecule has 5 rings (SSSR count). The zero-order valence-electron chi connectivity index (χ0n) is 24.0. The first kappa shape index (κ1) is 32.2. The van der Waals surface area contributed by atoms with Gasteiger partial charge >= 0.3 is 13.3 Å². The molecule has 2 aliphatic heterocycles. The molecule has 2 fully saturated rings. The van der Waals surface area contributed by atoms with E-state index in [0.29, 0.717) is 56.6 Å². The van der Waals surface area contributed by atoms with E-state index in [2.05, 4.69) is 5.32 Å². The average molecular weight is 650 g/mol. The molecule has 0 aliphatic carbocycles. The summed E-state index contributed by atoms with van der Waals surface area (Å²) in [5, 5.41) is 2.99. The number of ether oxygens (including phenoxy) is 1. The zero-order valence-corrected chi connectivity index (χ0v) is 25.7. The number of nitrogens with zero attached hydrogens (tertiary/aromatic N) is 2. The van der Waals surface area contributed by atoms with Gasteiger partial charge in [-0.05, 0) is 48.4 Å². The van der Waals surface area contributed by atoms with Crippen LogP contribution in [0.2, 0.25) is 0 Å². The van der Waals surface area contributed by atoms with Crippen molar-refractivity contribution in [2.24, 2.45) is 0 Å². The molecule has 3 unspecified atom stereocenters. The lowest BCUT2D eigenvalue weighted by Gasteiger charge is -2.37. The van der Waals surface area contributed by atoms with Crippen LogP contribution >= 0.6 is 18.9 Å². The molecule has 2 aromatic carbocycles. The van der Waals surface area contributed by atoms with Crippen molar-refractivity contribution in [2.75, 3.05) is 26.2 Å². The van der Waals surface area contributed by atoms with Crippen LogP contribution in [0.25, 0.3) is 10.1 Å². The third kappa shape index (κ3) is 6.57. The Morgan fingerprint density at radius 2 is 1.89 bits per heavy atom. The highest BCUT2D eigenvalue weighted by Gasteiger charge is 2.50. The maximum absolute atomic E-state index is 14.2. The Kier molecular flexibility index (Phi) is 9.52. The fraction of sp³-hybridized carbons (Fsp3) is 0.433. The second-order valence-electron chi connectivity index (χ2n) is 11.0. The first-order valence-corrected chi connectivity index (χ1v) is 16.9. The van der Waals surface area contributed by atoms with E-state index in [1.165, 1.54) is 12.1 Å². The molecule has 1 aromatic heterocycles. The predicted octanol–water partition coefficient (Wildman–Crippen LogP) is 4.62. The molecule has 2 aliphatic rings. The number of hydrogen-bond donors (Lipinski definition) is 3. The van der Waals surface area contributed by atoms with E-state index < -0.39 is 36.8 Å². The number of fused-ring (bicyclic) bond motifs is 1. The molecule has 44 heavy (non-hydrogen) atoms. The van der Waals surface area contributed by atoms with Gasteiger partial charge in [0.25, 0.3) is 5.91 Å². The molecule has 3 heterocycles. The molecule has 3 N–H and O–H groups in total. The third-order valence-corrected chi connectivity index (χ3v) is 10.1. The lowest BCUT2D eigenvalue weighted by Crippen LogP contribution is -2.55. The summed E-state index contributed by atoms with van der Waals surface area (Å²) >= 11 is 1.01. The highest BCUT2D eigenvalue weighted by Crippen LogP contribution is 2.59. The summed E-state index contributed by atoms with van der Waals surface area (Å²) in [6.45, 7) is 3.44. The summed E-state index contributed by atoms with van der Waals surface area (Å²) in [6.07, 6.45) is 1.83. The van der Waals surface area contributed by atoms with Gasteiger partial charge in [0.1, 0.15) is 18.2 Å². The van der Waals surface area contributed by atoms with Crippen LogP contribution in [0.4, 0.5) is 8.78 Å². The standard InChI is InChI=1S/C30H34F2N3O7PS/c1-2-7-22(33-27(36)26-17-20-16-21(11-12-25(20)44-26)30(31,32)43(39,40)41)28(37)35-13-6-10-23(35)29(38)34-14-15-42-24(18-34)19-8-4-3-5-9-19/h3-5,8-9,11-12,16-17,22-24H,2,6-7,10,13-15,18H2,1H3,(H,33,36)(H2,39,40,41). The lowest BCUT2D eigenvalue weighted by atomic mass is 10.1. The molecule has 0 saturated carbocycles. The van der Waals surface area contributed by atoms with Gasteiger partial charge in [-0.2, -0.15) is 8.78 Å². The normalized spacial score (nSPS) is 20.1. The molecule has 3 aromatic rings. The molecule has 3 amide bonds. The zero-order chi connectivity index (χ0) is 31.6. The summed E-state index contributed by atoms with van der Waals surface area (Å²) in [7, 11) is -5.75. The maximum Gasteiger partial charge on any atom is 0.399 e. The van der Waals surface area contributed by atoms with Gasteiger partial charge in [0.15, 0.2) is 0 Å². The van der Waals surface area contributed by atoms with E-state index in [-0.39, 0.29) is 28.2 Å². The number of alkyl halides is 2. The molecule has 236 valence electrons. The molecule has 0 bridgehead atoms. The van der Waals surface area contributed by atoms with Crippen LogP contribution in [0.1, 0.15) is 59.5 Å². The van der Waals surface area contributed by atoms with Crippen LogP contribution in [0.15, 0.2) is 54.6 Å². The largest absolute Gasteiger partial charge is 0.399 e. The molecule has 0 radical (unpaired) electrons. The van der Waals surface area contributed by atoms with Crippen molar-refractivity contribution in [2.45, 2.75) is 56.5 Å². The van der Waals surface area contributed by atoms with Crippen molar-refractivity contribution >= 4 is 46.7 Å². The Morgan fingerprint density at radius 1 is 1.14 bits per heavy atom. The van der Waals surface area contributed by atoms with Crippen molar-refractivity contribution in [3.63, 3.8) is 0 Å². The van der Waals surface area contributed by atoms with Crippen molar-refractivity contribution in [1.82, 2.24) is 15.1 Å². The summed E-state index contributed by atoms with van der Waals surface area (Å²) in [4.78, 5) is 62.3. The predicted molar refractivity (Wildman–Crippen MR) is 160 cm³/mol. The van der Waals surface area contributed by atoms with E-state index in [9.17, 15) is 27.7 Å². The second kappa shape index (κ2) is 13.0. The number of hydrogen-bond acceptors (Lipinski definition) is 6. The van der Waals surface area contributed by atoms with Gasteiger partial charge in [-0.1, -0.05) is 49.7 Å². The van der Waals surface area contributed by atoms with Crippen molar-refractivity contribution in [1.29, 1.82) is 0 Å². The molecular weight excluding hydrogens is 615 g/mol. The van der Waals surface area contributed by atoms with E-state index in [1.807, 2.05) is 37.3 Å². The minimum absolute atomic E-state index is 0.144. The Balaban J connectivity index is 1.29. The summed E-state index contributed by atoms with van der Waals surface area (Å²) in [5.74, 6) is -1.08. The first-order chi connectivity index (χ1) is 20.9. The van der Waals surface area contributed by atoms with E-state index in [1.54, 1.807) is 9.80 Å². The fourth-order valence-corrected chi connectivity index (χ4v) is 7.12. The van der Waals surface area contributed by atoms with Gasteiger partial charge in [0, 0.05) is 23.4 Å². The van der Waals surface area contributed by atoms with Gasteiger partial charge in [-0.15, -0.1) is 11.3 Å². The monoisotopic (exact) mass is 649 g/mol. The summed E-state index contributed by atoms with van der Waals surface area (Å²) < 4.78 is 46.1. The highest BCUT2D eigenvalue weighted by molar-refractivity contribution is 7.52. The first-order valence-electron chi connectivity index (χ1n) is 14.4. The number of carbonyl (C=O) groups is 3. The number of thiophene rings is 1. The van der Waals surface area contributed by atoms with Crippen LogP contribution in [-0.4, -0.2) is 75.6 Å². The van der Waals surface area contributed by atoms with Crippen LogP contribution in [0, 0.1) is 0 Å². The third-order valence-electron chi connectivity index (χ3n) is 8.00. The van der Waals surface area contributed by atoms with Crippen LogP contribution in [0.3, 0.4) is 0 Å². The number of nitrogens with one attached hydrogen (secondary N) is 1. The van der Waals surface area contributed by atoms with Gasteiger partial charge in [-0.25, -0.2) is 0 Å². The second-order valence-corrected chi connectivity index (χ2v) is 13.7. The van der Waals surface area contributed by atoms with Crippen LogP contribution in [0.5, 0.6) is 0 Å². The number of halogens is 2. The number of benzene rings is 2. The molecule has 14 heteroatoms. The van der Waals surface area contributed by atoms with Crippen LogP contribution in [-0.2, 0) is 24.6 Å². The summed E-state index contributed by atoms with van der Waals surface area (Å²) in [6, 6.07) is 12.6. The molecule has 2 saturated heterocycles. The number of likely N-dealkylation sites (tertiary alicyclic amines) is 1. The Hall–Kier alpha value is -3.22. The van der Waals surface area contributed by atoms with Crippen LogP contribution < -0.4 is 5.32 Å². The van der Waals surface area contributed by atoms with Gasteiger partial charge < -0.3 is 29.6 Å². The van der Waals surface area contributed by atoms with Gasteiger partial charge in [0.2, 0.25) is 11.8 Å². The Bertz CT molecular complexity index is 1580. The lowest BCUT2D eigenvalue weighted by molar-refractivity contribution is -0.149. The molecular formula is C30H34F2N3O7PS. The molecule has 10 nitrogen and oxygen atoms in total. The number of rotatable bonds is 9. The smallest absolute Gasteiger partial charge is 0.370 e. The Labute approximate surface area is 257 Å². The highest BCUT2D eigenvalue weighted by atomic mass is 32.1. The minimum atomic E-state index is -5.75. The van der Waals surface area contributed by atoms with Crippen molar-refractivity contribution < 1.29 is 42.3 Å². The Morgan fingerprint density at radius 3 is 2.59 bits per heavy atom. The topological polar surface area (TPSA) is 136 Å². The average Bonchev–Trinajstić information content (AvgIpc) is 3.67.